The van der Waals surface area contributed by atoms with Crippen LogP contribution >= 0.6 is 0 Å². The molecule has 0 bridgehead atoms. The van der Waals surface area contributed by atoms with Crippen LogP contribution in [0, 0.1) is 5.82 Å². The Morgan fingerprint density at radius 2 is 1.73 bits per heavy atom. The van der Waals surface area contributed by atoms with Gasteiger partial charge in [0.15, 0.2) is 0 Å². The number of nitrogens with one attached hydrogen (secondary N) is 1. The molecule has 0 aliphatic rings. The lowest BCUT2D eigenvalue weighted by Crippen LogP contribution is -2.48. The van der Waals surface area contributed by atoms with Crippen molar-refractivity contribution in [3.8, 4) is 0 Å². The Kier molecular flexibility index (Phi) is 6.74. The SMILES string of the molecule is C[C@@H](C(=O)NCCCc1ccccc1)N(c1ccc(F)cc1)S(C)(=O)=O. The Morgan fingerprint density at radius 1 is 1.12 bits per heavy atom. The van der Waals surface area contributed by atoms with Gasteiger partial charge in [0.25, 0.3) is 0 Å². The molecule has 1 N–H and O–H groups in total. The number of benzene rings is 2. The van der Waals surface area contributed by atoms with E-state index in [-0.39, 0.29) is 5.69 Å². The lowest BCUT2D eigenvalue weighted by molar-refractivity contribution is -0.121. The summed E-state index contributed by atoms with van der Waals surface area (Å²) < 4.78 is 38.4. The number of halogens is 1. The number of hydrogen-bond acceptors (Lipinski definition) is 3. The van der Waals surface area contributed by atoms with E-state index in [1.165, 1.54) is 24.6 Å². The summed E-state index contributed by atoms with van der Waals surface area (Å²) in [6, 6.07) is 14.0. The first-order valence-corrected chi connectivity index (χ1v) is 10.2. The van der Waals surface area contributed by atoms with E-state index >= 15 is 0 Å². The molecule has 0 radical (unpaired) electrons. The molecule has 0 aromatic heterocycles. The molecule has 0 aliphatic heterocycles. The van der Waals surface area contributed by atoms with E-state index < -0.39 is 27.8 Å². The largest absolute Gasteiger partial charge is 0.354 e. The smallest absolute Gasteiger partial charge is 0.243 e. The molecule has 1 amide bonds. The summed E-state index contributed by atoms with van der Waals surface area (Å²) in [7, 11) is -3.70. The number of aryl methyl sites for hydroxylation is 1. The zero-order valence-electron chi connectivity index (χ0n) is 14.9. The highest BCUT2D eigenvalue weighted by Gasteiger charge is 2.28. The van der Waals surface area contributed by atoms with Gasteiger partial charge in [-0.15, -0.1) is 0 Å². The van der Waals surface area contributed by atoms with Crippen molar-refractivity contribution in [1.82, 2.24) is 5.32 Å². The summed E-state index contributed by atoms with van der Waals surface area (Å²) in [5, 5.41) is 2.77. The van der Waals surface area contributed by atoms with Crippen molar-refractivity contribution in [2.75, 3.05) is 17.1 Å². The molecule has 2 rings (SSSR count). The van der Waals surface area contributed by atoms with Gasteiger partial charge >= 0.3 is 0 Å². The Labute approximate surface area is 153 Å². The summed E-state index contributed by atoms with van der Waals surface area (Å²) in [6.07, 6.45) is 2.59. The van der Waals surface area contributed by atoms with Crippen molar-refractivity contribution < 1.29 is 17.6 Å². The van der Waals surface area contributed by atoms with Crippen molar-refractivity contribution in [2.45, 2.75) is 25.8 Å². The summed E-state index contributed by atoms with van der Waals surface area (Å²) in [5.74, 6) is -0.868. The minimum atomic E-state index is -3.70. The van der Waals surface area contributed by atoms with E-state index in [4.69, 9.17) is 0 Å². The molecule has 7 heteroatoms. The fourth-order valence-corrected chi connectivity index (χ4v) is 3.87. The van der Waals surface area contributed by atoms with Crippen LogP contribution in [0.25, 0.3) is 0 Å². The number of rotatable bonds is 8. The molecule has 0 saturated carbocycles. The first-order valence-electron chi connectivity index (χ1n) is 8.35. The molecule has 5 nitrogen and oxygen atoms in total. The van der Waals surface area contributed by atoms with Gasteiger partial charge in [0.1, 0.15) is 11.9 Å². The molecule has 26 heavy (non-hydrogen) atoms. The maximum atomic E-state index is 13.1. The van der Waals surface area contributed by atoms with Crippen LogP contribution in [0.2, 0.25) is 0 Å². The first-order chi connectivity index (χ1) is 12.3. The fourth-order valence-electron chi connectivity index (χ4n) is 2.69. The molecule has 2 aromatic carbocycles. The average molecular weight is 378 g/mol. The number of anilines is 1. The third-order valence-corrected chi connectivity index (χ3v) is 5.20. The van der Waals surface area contributed by atoms with E-state index in [1.54, 1.807) is 0 Å². The zero-order valence-corrected chi connectivity index (χ0v) is 15.7. The van der Waals surface area contributed by atoms with Crippen LogP contribution in [0.3, 0.4) is 0 Å². The van der Waals surface area contributed by atoms with Crippen LogP contribution in [0.5, 0.6) is 0 Å². The minimum absolute atomic E-state index is 0.251. The van der Waals surface area contributed by atoms with Gasteiger partial charge in [-0.1, -0.05) is 30.3 Å². The Balaban J connectivity index is 1.98. The monoisotopic (exact) mass is 378 g/mol. The second kappa shape index (κ2) is 8.80. The predicted molar refractivity (Wildman–Crippen MR) is 101 cm³/mol. The van der Waals surface area contributed by atoms with E-state index in [1.807, 2.05) is 30.3 Å². The topological polar surface area (TPSA) is 66.5 Å². The van der Waals surface area contributed by atoms with Gasteiger partial charge in [0.2, 0.25) is 15.9 Å². The highest BCUT2D eigenvalue weighted by Crippen LogP contribution is 2.21. The van der Waals surface area contributed by atoms with Crippen molar-refractivity contribution in [2.24, 2.45) is 0 Å². The van der Waals surface area contributed by atoms with E-state index in [2.05, 4.69) is 5.32 Å². The summed E-state index contributed by atoms with van der Waals surface area (Å²) in [4.78, 5) is 12.4. The van der Waals surface area contributed by atoms with Gasteiger partial charge in [-0.25, -0.2) is 12.8 Å². The van der Waals surface area contributed by atoms with Gasteiger partial charge in [-0.3, -0.25) is 9.10 Å². The van der Waals surface area contributed by atoms with Crippen molar-refractivity contribution >= 4 is 21.6 Å². The highest BCUT2D eigenvalue weighted by molar-refractivity contribution is 7.92. The number of amides is 1. The van der Waals surface area contributed by atoms with E-state index in [0.29, 0.717) is 6.54 Å². The number of carbonyl (C=O) groups is 1. The summed E-state index contributed by atoms with van der Waals surface area (Å²) >= 11 is 0. The van der Waals surface area contributed by atoms with Gasteiger partial charge in [-0.05, 0) is 49.6 Å². The van der Waals surface area contributed by atoms with Crippen LogP contribution in [0.15, 0.2) is 54.6 Å². The molecule has 1 atom stereocenters. The van der Waals surface area contributed by atoms with Crippen LogP contribution in [-0.4, -0.2) is 33.2 Å². The molecular formula is C19H23FN2O3S. The quantitative estimate of drug-likeness (QED) is 0.719. The first kappa shape index (κ1) is 19.9. The molecule has 140 valence electrons. The Morgan fingerprint density at radius 3 is 2.31 bits per heavy atom. The predicted octanol–water partition coefficient (Wildman–Crippen LogP) is 2.73. The van der Waals surface area contributed by atoms with E-state index in [0.717, 1.165) is 35.5 Å². The molecule has 0 unspecified atom stereocenters. The molecule has 0 spiro atoms. The van der Waals surface area contributed by atoms with Crippen LogP contribution in [-0.2, 0) is 21.2 Å². The van der Waals surface area contributed by atoms with Crippen molar-refractivity contribution in [3.05, 3.63) is 66.0 Å². The van der Waals surface area contributed by atoms with Crippen molar-refractivity contribution in [1.29, 1.82) is 0 Å². The average Bonchev–Trinajstić information content (AvgIpc) is 2.60. The number of sulfonamides is 1. The normalized spacial score (nSPS) is 12.4. The van der Waals surface area contributed by atoms with Crippen molar-refractivity contribution in [3.63, 3.8) is 0 Å². The highest BCUT2D eigenvalue weighted by atomic mass is 32.2. The maximum absolute atomic E-state index is 13.1. The lowest BCUT2D eigenvalue weighted by atomic mass is 10.1. The molecular weight excluding hydrogens is 355 g/mol. The van der Waals surface area contributed by atoms with Gasteiger partial charge in [0, 0.05) is 6.54 Å². The molecule has 0 heterocycles. The molecule has 2 aromatic rings. The standard InChI is InChI=1S/C19H23FN2O3S/c1-15(19(23)21-14-6-9-16-7-4-3-5-8-16)22(26(2,24)25)18-12-10-17(20)11-13-18/h3-5,7-8,10-13,15H,6,9,14H2,1-2H3,(H,21,23)/t15-/m0/s1. The number of nitrogens with zero attached hydrogens (tertiary/aromatic N) is 1. The lowest BCUT2D eigenvalue weighted by Gasteiger charge is -2.28. The zero-order chi connectivity index (χ0) is 19.2. The molecule has 0 fully saturated rings. The van der Waals surface area contributed by atoms with Gasteiger partial charge < -0.3 is 5.32 Å². The van der Waals surface area contributed by atoms with Crippen LogP contribution in [0.1, 0.15) is 18.9 Å². The Hall–Kier alpha value is -2.41. The molecule has 0 saturated heterocycles. The number of hydrogen-bond donors (Lipinski definition) is 1. The van der Waals surface area contributed by atoms with Crippen LogP contribution < -0.4 is 9.62 Å². The Bertz CT molecular complexity index is 824. The van der Waals surface area contributed by atoms with Gasteiger partial charge in [0.05, 0.1) is 11.9 Å². The summed E-state index contributed by atoms with van der Waals surface area (Å²) in [6.45, 7) is 1.95. The maximum Gasteiger partial charge on any atom is 0.243 e. The minimum Gasteiger partial charge on any atom is -0.354 e. The molecule has 0 aliphatic carbocycles. The summed E-state index contributed by atoms with van der Waals surface area (Å²) in [5.41, 5.74) is 1.43. The second-order valence-corrected chi connectivity index (χ2v) is 7.95. The van der Waals surface area contributed by atoms with Crippen LogP contribution in [0.4, 0.5) is 10.1 Å². The third kappa shape index (κ3) is 5.56. The fraction of sp³-hybridized carbons (Fsp3) is 0.316. The second-order valence-electron chi connectivity index (χ2n) is 6.09. The van der Waals surface area contributed by atoms with Gasteiger partial charge in [-0.2, -0.15) is 0 Å². The van der Waals surface area contributed by atoms with E-state index in [9.17, 15) is 17.6 Å². The third-order valence-electron chi connectivity index (χ3n) is 3.95. The number of carbonyl (C=O) groups excluding carboxylic acids is 1.